The van der Waals surface area contributed by atoms with Crippen LogP contribution in [-0.4, -0.2) is 48.6 Å². The molecule has 4 N–H and O–H groups in total. The Morgan fingerprint density at radius 2 is 2.19 bits per heavy atom. The minimum atomic E-state index is -0.668. The highest BCUT2D eigenvalue weighted by Gasteiger charge is 2.24. The maximum absolute atomic E-state index is 11.8. The van der Waals surface area contributed by atoms with E-state index in [1.807, 2.05) is 6.92 Å². The molecule has 6 nitrogen and oxygen atoms in total. The van der Waals surface area contributed by atoms with Gasteiger partial charge in [-0.15, -0.1) is 12.4 Å². The zero-order chi connectivity index (χ0) is 11.4. The van der Waals surface area contributed by atoms with Crippen molar-refractivity contribution in [2.24, 2.45) is 5.73 Å². The summed E-state index contributed by atoms with van der Waals surface area (Å²) >= 11 is 0. The number of piperazine rings is 1. The van der Waals surface area contributed by atoms with Crippen molar-refractivity contribution in [2.75, 3.05) is 19.6 Å². The lowest BCUT2D eigenvalue weighted by atomic mass is 10.2. The average Bonchev–Trinajstić information content (AvgIpc) is 2.15. The summed E-state index contributed by atoms with van der Waals surface area (Å²) in [5.74, 6) is -0.0813. The summed E-state index contributed by atoms with van der Waals surface area (Å²) < 4.78 is 0. The zero-order valence-electron chi connectivity index (χ0n) is 9.53. The normalized spacial score (nSPS) is 21.9. The summed E-state index contributed by atoms with van der Waals surface area (Å²) in [5.41, 5.74) is 4.95. The number of urea groups is 1. The van der Waals surface area contributed by atoms with E-state index in [9.17, 15) is 9.59 Å². The molecule has 0 aliphatic carbocycles. The number of halogens is 1. The second-order valence-corrected chi connectivity index (χ2v) is 3.87. The van der Waals surface area contributed by atoms with E-state index in [1.165, 1.54) is 0 Å². The van der Waals surface area contributed by atoms with Gasteiger partial charge in [-0.3, -0.25) is 4.79 Å². The minimum Gasteiger partial charge on any atom is -0.352 e. The van der Waals surface area contributed by atoms with Gasteiger partial charge in [-0.1, -0.05) is 0 Å². The third-order valence-electron chi connectivity index (χ3n) is 2.41. The van der Waals surface area contributed by atoms with E-state index in [0.29, 0.717) is 19.1 Å². The SMILES string of the molecule is CC(NC(N)=O)C(=O)N1CCN[C@H](C)C1.Cl. The summed E-state index contributed by atoms with van der Waals surface area (Å²) in [5, 5.41) is 5.62. The third-order valence-corrected chi connectivity index (χ3v) is 2.41. The molecule has 16 heavy (non-hydrogen) atoms. The number of nitrogens with one attached hydrogen (secondary N) is 2. The molecular weight excluding hydrogens is 232 g/mol. The fraction of sp³-hybridized carbons (Fsp3) is 0.778. The third kappa shape index (κ3) is 4.24. The Kier molecular flexibility index (Phi) is 6.13. The largest absolute Gasteiger partial charge is 0.352 e. The molecular formula is C9H19ClN4O2. The highest BCUT2D eigenvalue weighted by molar-refractivity contribution is 5.86. The van der Waals surface area contributed by atoms with E-state index in [2.05, 4.69) is 10.6 Å². The Morgan fingerprint density at radius 3 is 2.69 bits per heavy atom. The number of primary amides is 1. The number of rotatable bonds is 2. The van der Waals surface area contributed by atoms with Crippen LogP contribution in [0, 0.1) is 0 Å². The Balaban J connectivity index is 0.00000225. The smallest absolute Gasteiger partial charge is 0.312 e. The van der Waals surface area contributed by atoms with Crippen LogP contribution >= 0.6 is 12.4 Å². The van der Waals surface area contributed by atoms with Crippen molar-refractivity contribution in [3.63, 3.8) is 0 Å². The predicted octanol–water partition coefficient (Wildman–Crippen LogP) is -0.715. The van der Waals surface area contributed by atoms with E-state index < -0.39 is 12.1 Å². The Hall–Kier alpha value is -1.01. The van der Waals surface area contributed by atoms with Gasteiger partial charge in [-0.25, -0.2) is 4.79 Å². The number of hydrogen-bond acceptors (Lipinski definition) is 3. The first-order valence-electron chi connectivity index (χ1n) is 5.09. The van der Waals surface area contributed by atoms with Gasteiger partial charge in [0, 0.05) is 25.7 Å². The molecule has 1 unspecified atom stereocenters. The van der Waals surface area contributed by atoms with E-state index in [4.69, 9.17) is 5.73 Å². The van der Waals surface area contributed by atoms with Gasteiger partial charge in [0.05, 0.1) is 0 Å². The van der Waals surface area contributed by atoms with Gasteiger partial charge in [-0.05, 0) is 13.8 Å². The second-order valence-electron chi connectivity index (χ2n) is 3.87. The summed E-state index contributed by atoms with van der Waals surface area (Å²) in [6.45, 7) is 5.79. The Labute approximate surface area is 101 Å². The van der Waals surface area contributed by atoms with Crippen LogP contribution < -0.4 is 16.4 Å². The first-order valence-corrected chi connectivity index (χ1v) is 5.09. The summed E-state index contributed by atoms with van der Waals surface area (Å²) in [4.78, 5) is 24.1. The van der Waals surface area contributed by atoms with Crippen LogP contribution in [0.3, 0.4) is 0 Å². The lowest BCUT2D eigenvalue weighted by molar-refractivity contribution is -0.133. The number of nitrogens with two attached hydrogens (primary N) is 1. The van der Waals surface area contributed by atoms with Crippen molar-refractivity contribution in [1.82, 2.24) is 15.5 Å². The fourth-order valence-electron chi connectivity index (χ4n) is 1.68. The Morgan fingerprint density at radius 1 is 1.56 bits per heavy atom. The molecule has 0 aromatic rings. The Bertz CT molecular complexity index is 262. The highest BCUT2D eigenvalue weighted by atomic mass is 35.5. The zero-order valence-corrected chi connectivity index (χ0v) is 10.3. The van der Waals surface area contributed by atoms with Gasteiger partial charge in [-0.2, -0.15) is 0 Å². The maximum atomic E-state index is 11.8. The van der Waals surface area contributed by atoms with Crippen molar-refractivity contribution in [2.45, 2.75) is 25.9 Å². The van der Waals surface area contributed by atoms with Gasteiger partial charge in [0.25, 0.3) is 0 Å². The van der Waals surface area contributed by atoms with Crippen LogP contribution in [0.5, 0.6) is 0 Å². The monoisotopic (exact) mass is 250 g/mol. The van der Waals surface area contributed by atoms with Gasteiger partial charge in [0.15, 0.2) is 0 Å². The van der Waals surface area contributed by atoms with Crippen molar-refractivity contribution >= 4 is 24.3 Å². The standard InChI is InChI=1S/C9H18N4O2.ClH/c1-6-5-13(4-3-11-6)8(14)7(2)12-9(10)15;/h6-7,11H,3-5H2,1-2H3,(H3,10,12,15);1H/t6-,7?;/m1./s1. The maximum Gasteiger partial charge on any atom is 0.312 e. The molecule has 2 atom stereocenters. The quantitative estimate of drug-likeness (QED) is 0.605. The second kappa shape index (κ2) is 6.55. The van der Waals surface area contributed by atoms with Crippen LogP contribution in [0.15, 0.2) is 0 Å². The molecule has 0 radical (unpaired) electrons. The van der Waals surface area contributed by atoms with Gasteiger partial charge in [0.1, 0.15) is 6.04 Å². The number of amides is 3. The minimum absolute atomic E-state index is 0. The van der Waals surface area contributed by atoms with Gasteiger partial charge >= 0.3 is 6.03 Å². The molecule has 0 bridgehead atoms. The van der Waals surface area contributed by atoms with Gasteiger partial charge < -0.3 is 21.3 Å². The molecule has 7 heteroatoms. The lowest BCUT2D eigenvalue weighted by Gasteiger charge is -2.33. The molecule has 0 aromatic carbocycles. The molecule has 1 rings (SSSR count). The number of carbonyl (C=O) groups is 2. The summed E-state index contributed by atoms with van der Waals surface area (Å²) in [7, 11) is 0. The van der Waals surface area contributed by atoms with Crippen molar-refractivity contribution in [3.8, 4) is 0 Å². The van der Waals surface area contributed by atoms with Crippen molar-refractivity contribution in [3.05, 3.63) is 0 Å². The molecule has 1 saturated heterocycles. The van der Waals surface area contributed by atoms with Crippen LogP contribution in [0.25, 0.3) is 0 Å². The van der Waals surface area contributed by atoms with Crippen molar-refractivity contribution < 1.29 is 9.59 Å². The molecule has 3 amide bonds. The number of carbonyl (C=O) groups excluding carboxylic acids is 2. The molecule has 1 aliphatic heterocycles. The van der Waals surface area contributed by atoms with E-state index in [1.54, 1.807) is 11.8 Å². The van der Waals surface area contributed by atoms with E-state index in [-0.39, 0.29) is 18.3 Å². The number of nitrogens with zero attached hydrogens (tertiary/aromatic N) is 1. The van der Waals surface area contributed by atoms with Crippen molar-refractivity contribution in [1.29, 1.82) is 0 Å². The molecule has 94 valence electrons. The molecule has 0 aromatic heterocycles. The topological polar surface area (TPSA) is 87.5 Å². The van der Waals surface area contributed by atoms with E-state index in [0.717, 1.165) is 6.54 Å². The predicted molar refractivity (Wildman–Crippen MR) is 63.5 cm³/mol. The first kappa shape index (κ1) is 15.0. The first-order chi connectivity index (χ1) is 7.00. The van der Waals surface area contributed by atoms with Crippen LogP contribution in [0.2, 0.25) is 0 Å². The van der Waals surface area contributed by atoms with Crippen LogP contribution in [0.1, 0.15) is 13.8 Å². The lowest BCUT2D eigenvalue weighted by Crippen LogP contribution is -2.56. The summed E-state index contributed by atoms with van der Waals surface area (Å²) in [6.07, 6.45) is 0. The summed E-state index contributed by atoms with van der Waals surface area (Å²) in [6, 6.07) is -0.921. The molecule has 0 spiro atoms. The van der Waals surface area contributed by atoms with Crippen LogP contribution in [0.4, 0.5) is 4.79 Å². The fourth-order valence-corrected chi connectivity index (χ4v) is 1.68. The molecule has 1 fully saturated rings. The number of hydrogen-bond donors (Lipinski definition) is 3. The molecule has 0 saturated carbocycles. The average molecular weight is 251 g/mol. The molecule has 1 heterocycles. The highest BCUT2D eigenvalue weighted by Crippen LogP contribution is 2.01. The molecule has 1 aliphatic rings. The van der Waals surface area contributed by atoms with Crippen LogP contribution in [-0.2, 0) is 4.79 Å². The van der Waals surface area contributed by atoms with E-state index >= 15 is 0 Å². The van der Waals surface area contributed by atoms with Gasteiger partial charge in [0.2, 0.25) is 5.91 Å².